The average Bonchev–Trinajstić information content (AvgIpc) is 2.59. The summed E-state index contributed by atoms with van der Waals surface area (Å²) in [5, 5.41) is 0. The van der Waals surface area contributed by atoms with Gasteiger partial charge in [-0.2, -0.15) is 0 Å². The van der Waals surface area contributed by atoms with E-state index in [1.54, 1.807) is 0 Å². The first-order valence-electron chi connectivity index (χ1n) is 9.38. The van der Waals surface area contributed by atoms with Crippen LogP contribution in [0.4, 0.5) is 0 Å². The lowest BCUT2D eigenvalue weighted by Crippen LogP contribution is -2.53. The number of rotatable bonds is 4. The third-order valence-corrected chi connectivity index (χ3v) is 5.72. The fourth-order valence-corrected chi connectivity index (χ4v) is 3.94. The zero-order valence-electron chi connectivity index (χ0n) is 15.2. The van der Waals surface area contributed by atoms with E-state index in [1.807, 2.05) is 17.0 Å². The van der Waals surface area contributed by atoms with Gasteiger partial charge in [-0.15, -0.1) is 0 Å². The maximum Gasteiger partial charge on any atom is 0.227 e. The smallest absolute Gasteiger partial charge is 0.227 e. The predicted molar refractivity (Wildman–Crippen MR) is 98.2 cm³/mol. The van der Waals surface area contributed by atoms with E-state index in [2.05, 4.69) is 35.9 Å². The quantitative estimate of drug-likeness (QED) is 0.847. The summed E-state index contributed by atoms with van der Waals surface area (Å²) in [6, 6.07) is 8.91. The molecule has 0 saturated carbocycles. The van der Waals surface area contributed by atoms with Crippen LogP contribution in [0.1, 0.15) is 30.4 Å². The normalized spacial score (nSPS) is 23.4. The van der Waals surface area contributed by atoms with E-state index < -0.39 is 0 Å². The molecule has 0 spiro atoms. The van der Waals surface area contributed by atoms with Crippen molar-refractivity contribution in [3.63, 3.8) is 0 Å². The fourth-order valence-electron chi connectivity index (χ4n) is 3.94. The first-order valence-corrected chi connectivity index (χ1v) is 9.38. The molecule has 1 aromatic rings. The van der Waals surface area contributed by atoms with E-state index in [9.17, 15) is 4.79 Å². The van der Waals surface area contributed by atoms with Gasteiger partial charge in [0.15, 0.2) is 0 Å². The summed E-state index contributed by atoms with van der Waals surface area (Å²) >= 11 is 0. The summed E-state index contributed by atoms with van der Waals surface area (Å²) < 4.78 is 0. The molecule has 1 amide bonds. The van der Waals surface area contributed by atoms with Crippen LogP contribution in [0.3, 0.4) is 0 Å². The SMILES string of the molecule is Cc1ccccc1CC(=O)N1CCN(C[C@H]2CCCCN2C)CC1. The first kappa shape index (κ1) is 17.4. The molecular weight excluding hydrogens is 298 g/mol. The molecule has 0 N–H and O–H groups in total. The average molecular weight is 329 g/mol. The maximum absolute atomic E-state index is 12.6. The number of hydrogen-bond acceptors (Lipinski definition) is 3. The van der Waals surface area contributed by atoms with E-state index in [1.165, 1.54) is 31.4 Å². The van der Waals surface area contributed by atoms with Crippen LogP contribution in [0.15, 0.2) is 24.3 Å². The van der Waals surface area contributed by atoms with Crippen molar-refractivity contribution in [2.45, 2.75) is 38.6 Å². The van der Waals surface area contributed by atoms with Gasteiger partial charge in [0, 0.05) is 38.8 Å². The minimum atomic E-state index is 0.277. The van der Waals surface area contributed by atoms with Crippen molar-refractivity contribution in [2.24, 2.45) is 0 Å². The van der Waals surface area contributed by atoms with E-state index in [0.717, 1.165) is 38.3 Å². The minimum absolute atomic E-state index is 0.277. The third-order valence-electron chi connectivity index (χ3n) is 5.72. The summed E-state index contributed by atoms with van der Waals surface area (Å²) in [5.41, 5.74) is 2.37. The van der Waals surface area contributed by atoms with Gasteiger partial charge in [-0.25, -0.2) is 0 Å². The van der Waals surface area contributed by atoms with E-state index in [0.29, 0.717) is 12.5 Å². The largest absolute Gasteiger partial charge is 0.340 e. The second-order valence-corrected chi connectivity index (χ2v) is 7.41. The molecule has 0 radical (unpaired) electrons. The van der Waals surface area contributed by atoms with Crippen LogP contribution in [0.5, 0.6) is 0 Å². The highest BCUT2D eigenvalue weighted by atomic mass is 16.2. The Morgan fingerprint density at radius 1 is 1.08 bits per heavy atom. The van der Waals surface area contributed by atoms with Gasteiger partial charge in [-0.3, -0.25) is 9.69 Å². The lowest BCUT2D eigenvalue weighted by molar-refractivity contribution is -0.132. The number of carbonyl (C=O) groups is 1. The van der Waals surface area contributed by atoms with Gasteiger partial charge in [0.2, 0.25) is 5.91 Å². The molecule has 2 heterocycles. The third kappa shape index (κ3) is 4.37. The second kappa shape index (κ2) is 8.13. The van der Waals surface area contributed by atoms with Gasteiger partial charge >= 0.3 is 0 Å². The van der Waals surface area contributed by atoms with Crippen LogP contribution >= 0.6 is 0 Å². The molecule has 2 saturated heterocycles. The van der Waals surface area contributed by atoms with Crippen LogP contribution in [0.25, 0.3) is 0 Å². The number of benzene rings is 1. The van der Waals surface area contributed by atoms with Crippen LogP contribution < -0.4 is 0 Å². The summed E-state index contributed by atoms with van der Waals surface area (Å²) in [4.78, 5) is 19.7. The summed E-state index contributed by atoms with van der Waals surface area (Å²) in [6.45, 7) is 8.27. The maximum atomic E-state index is 12.6. The second-order valence-electron chi connectivity index (χ2n) is 7.41. The zero-order chi connectivity index (χ0) is 16.9. The molecule has 2 aliphatic heterocycles. The molecule has 24 heavy (non-hydrogen) atoms. The van der Waals surface area contributed by atoms with Gasteiger partial charge in [-0.1, -0.05) is 30.7 Å². The number of carbonyl (C=O) groups excluding carboxylic acids is 1. The van der Waals surface area contributed by atoms with Crippen LogP contribution in [0, 0.1) is 6.92 Å². The predicted octanol–water partition coefficient (Wildman–Crippen LogP) is 2.17. The minimum Gasteiger partial charge on any atom is -0.340 e. The summed E-state index contributed by atoms with van der Waals surface area (Å²) in [7, 11) is 2.26. The van der Waals surface area contributed by atoms with Gasteiger partial charge in [0.05, 0.1) is 6.42 Å². The first-order chi connectivity index (χ1) is 11.6. The number of hydrogen-bond donors (Lipinski definition) is 0. The molecule has 0 bridgehead atoms. The zero-order valence-corrected chi connectivity index (χ0v) is 15.2. The fraction of sp³-hybridized carbons (Fsp3) is 0.650. The number of aryl methyl sites for hydroxylation is 1. The Balaban J connectivity index is 1.46. The van der Waals surface area contributed by atoms with Gasteiger partial charge < -0.3 is 9.80 Å². The van der Waals surface area contributed by atoms with Crippen molar-refractivity contribution >= 4 is 5.91 Å². The molecule has 1 aromatic carbocycles. The Kier molecular flexibility index (Phi) is 5.90. The van der Waals surface area contributed by atoms with E-state index in [-0.39, 0.29) is 5.91 Å². The van der Waals surface area contributed by atoms with Crippen LogP contribution in [0.2, 0.25) is 0 Å². The molecular formula is C20H31N3O. The lowest BCUT2D eigenvalue weighted by Gasteiger charge is -2.40. The number of piperazine rings is 1. The highest BCUT2D eigenvalue weighted by Crippen LogP contribution is 2.17. The Hall–Kier alpha value is -1.39. The molecule has 1 atom stereocenters. The Morgan fingerprint density at radius 2 is 1.83 bits per heavy atom. The molecule has 4 heteroatoms. The topological polar surface area (TPSA) is 26.8 Å². The van der Waals surface area contributed by atoms with Crippen molar-refractivity contribution in [3.05, 3.63) is 35.4 Å². The number of nitrogens with zero attached hydrogens (tertiary/aromatic N) is 3. The van der Waals surface area contributed by atoms with Crippen LogP contribution in [-0.2, 0) is 11.2 Å². The number of amides is 1. The Bertz CT molecular complexity index is 552. The molecule has 4 nitrogen and oxygen atoms in total. The Labute approximate surface area is 146 Å². The van der Waals surface area contributed by atoms with E-state index in [4.69, 9.17) is 0 Å². The van der Waals surface area contributed by atoms with Gasteiger partial charge in [0.1, 0.15) is 0 Å². The van der Waals surface area contributed by atoms with Crippen molar-refractivity contribution in [3.8, 4) is 0 Å². The number of likely N-dealkylation sites (N-methyl/N-ethyl adjacent to an activating group) is 1. The lowest BCUT2D eigenvalue weighted by atomic mass is 10.0. The highest BCUT2D eigenvalue weighted by Gasteiger charge is 2.25. The molecule has 0 unspecified atom stereocenters. The van der Waals surface area contributed by atoms with Crippen molar-refractivity contribution in [1.29, 1.82) is 0 Å². The molecule has 132 valence electrons. The molecule has 0 aliphatic carbocycles. The van der Waals surface area contributed by atoms with Crippen molar-refractivity contribution in [1.82, 2.24) is 14.7 Å². The monoisotopic (exact) mass is 329 g/mol. The standard InChI is InChI=1S/C20H31N3O/c1-17-7-3-4-8-18(17)15-20(24)23-13-11-22(12-14-23)16-19-9-5-6-10-21(19)2/h3-4,7-8,19H,5-6,9-16H2,1-2H3/t19-/m1/s1. The Morgan fingerprint density at radius 3 is 2.54 bits per heavy atom. The van der Waals surface area contributed by atoms with Gasteiger partial charge in [0.25, 0.3) is 0 Å². The number of piperidine rings is 1. The van der Waals surface area contributed by atoms with Crippen LogP contribution in [-0.4, -0.2) is 73.0 Å². The highest BCUT2D eigenvalue weighted by molar-refractivity contribution is 5.79. The molecule has 3 rings (SSSR count). The van der Waals surface area contributed by atoms with E-state index >= 15 is 0 Å². The molecule has 0 aromatic heterocycles. The number of likely N-dealkylation sites (tertiary alicyclic amines) is 1. The van der Waals surface area contributed by atoms with Gasteiger partial charge in [-0.05, 0) is 44.5 Å². The summed E-state index contributed by atoms with van der Waals surface area (Å²) in [6.07, 6.45) is 4.57. The van der Waals surface area contributed by atoms with Crippen molar-refractivity contribution < 1.29 is 4.79 Å². The summed E-state index contributed by atoms with van der Waals surface area (Å²) in [5.74, 6) is 0.277. The molecule has 2 aliphatic rings. The van der Waals surface area contributed by atoms with Crippen molar-refractivity contribution in [2.75, 3.05) is 46.3 Å². The molecule has 2 fully saturated rings.